The van der Waals surface area contributed by atoms with Crippen molar-refractivity contribution in [3.8, 4) is 45.6 Å². The molecule has 2 amide bonds. The molecule has 17 rings (SSSR count). The first kappa shape index (κ1) is 102. The molecule has 0 spiro atoms. The van der Waals surface area contributed by atoms with E-state index < -0.39 is 65.1 Å². The molecule has 23 nitrogen and oxygen atoms in total. The van der Waals surface area contributed by atoms with Crippen LogP contribution in [0, 0.1) is 6.92 Å². The molecule has 4 aliphatic rings. The van der Waals surface area contributed by atoms with Gasteiger partial charge in [-0.3, -0.25) is 23.7 Å². The van der Waals surface area contributed by atoms with Crippen molar-refractivity contribution in [2.75, 3.05) is 24.6 Å². The first-order chi connectivity index (χ1) is 61.3. The third-order valence-electron chi connectivity index (χ3n) is 21.3. The molecule has 674 valence electrons. The van der Waals surface area contributed by atoms with Gasteiger partial charge < -0.3 is 59.5 Å². The Morgan fingerprint density at radius 1 is 0.535 bits per heavy atom. The fraction of sp³-hybridized carbons (Fsp3) is 0.253. The van der Waals surface area contributed by atoms with Crippen LogP contribution in [0.1, 0.15) is 122 Å². The van der Waals surface area contributed by atoms with Crippen LogP contribution in [-0.4, -0.2) is 142 Å². The summed E-state index contributed by atoms with van der Waals surface area (Å²) in [6.07, 6.45) is 15.0. The van der Waals surface area contributed by atoms with Crippen LogP contribution >= 0.6 is 127 Å². The van der Waals surface area contributed by atoms with Crippen LogP contribution in [0.3, 0.4) is 0 Å². The van der Waals surface area contributed by atoms with Crippen molar-refractivity contribution >= 4 is 174 Å². The molecule has 0 saturated carbocycles. The van der Waals surface area contributed by atoms with Crippen molar-refractivity contribution in [1.29, 1.82) is 0 Å². The fourth-order valence-electron chi connectivity index (χ4n) is 15.9. The average Bonchev–Trinajstić information content (AvgIpc) is 1.57. The summed E-state index contributed by atoms with van der Waals surface area (Å²) in [5, 5.41) is 36.4. The number of halogens is 11. The van der Waals surface area contributed by atoms with E-state index in [1.54, 1.807) is 32.4 Å². The minimum absolute atomic E-state index is 0.0564. The quantitative estimate of drug-likeness (QED) is 0.0143. The number of ketones is 1. The van der Waals surface area contributed by atoms with Gasteiger partial charge in [-0.2, -0.15) is 13.2 Å². The molecule has 8 aromatic carbocycles. The number of amides is 2. The number of aryl methyl sites for hydroxylation is 2. The Balaban J connectivity index is 0.000000166. The van der Waals surface area contributed by atoms with E-state index in [1.165, 1.54) is 23.6 Å². The number of rotatable bonds is 22. The molecule has 4 aliphatic heterocycles. The minimum atomic E-state index is -5.08. The van der Waals surface area contributed by atoms with Crippen LogP contribution < -0.4 is 16.4 Å². The molecule has 6 atom stereocenters. The molecule has 0 saturated heterocycles. The summed E-state index contributed by atoms with van der Waals surface area (Å²) in [6, 6.07) is 66.3. The van der Waals surface area contributed by atoms with Gasteiger partial charge in [-0.15, -0.1) is 0 Å². The number of Topliss-reactive ketones (excluding diaryl/α,β-unsaturated/α-hetero) is 1. The predicted molar refractivity (Wildman–Crippen MR) is 525 cm³/mol. The van der Waals surface area contributed by atoms with Gasteiger partial charge in [0.05, 0.1) is 47.1 Å². The Hall–Kier alpha value is -8.64. The zero-order valence-corrected chi connectivity index (χ0v) is 83.3. The van der Waals surface area contributed by atoms with Gasteiger partial charge in [0.25, 0.3) is 0 Å². The van der Waals surface area contributed by atoms with Crippen LogP contribution in [0.15, 0.2) is 272 Å². The van der Waals surface area contributed by atoms with E-state index in [0.717, 1.165) is 121 Å². The Labute approximate surface area is 806 Å². The van der Waals surface area contributed by atoms with Gasteiger partial charge in [0, 0.05) is 128 Å². The first-order valence-electron chi connectivity index (χ1n) is 39.8. The third-order valence-corrected chi connectivity index (χ3v) is 29.8. The number of aliphatic hydroxyl groups excluding tert-OH is 2. The maximum atomic E-state index is 12.4. The van der Waals surface area contributed by atoms with Crippen molar-refractivity contribution < 1.29 is 66.6 Å². The molecule has 6 unspecified atom stereocenters. The third kappa shape index (κ3) is 25.0. The summed E-state index contributed by atoms with van der Waals surface area (Å²) < 4.78 is 59.9. The molecule has 9 heterocycles. The molecule has 0 bridgehead atoms. The number of aliphatic hydroxyl groups is 2. The molecule has 8 N–H and O–H groups in total. The molecular weight excluding hydrogens is 2150 g/mol. The van der Waals surface area contributed by atoms with Crippen LogP contribution in [0.5, 0.6) is 0 Å². The molecular formula is C91H88BBr4Cl3F3IN12O11P2S. The number of nitrogens with one attached hydrogen (secondary N) is 2. The Bertz CT molecular complexity index is 6090. The van der Waals surface area contributed by atoms with Crippen molar-refractivity contribution in [2.45, 2.75) is 120 Å². The summed E-state index contributed by atoms with van der Waals surface area (Å²) in [5.41, 5.74) is 22.0. The number of alkyl halides is 4. The number of carbonyl (C=O) groups excluding carboxylic acids is 3. The van der Waals surface area contributed by atoms with E-state index in [2.05, 4.69) is 291 Å². The Morgan fingerprint density at radius 3 is 1.06 bits per heavy atom. The molecule has 129 heavy (non-hydrogen) atoms. The summed E-state index contributed by atoms with van der Waals surface area (Å²) in [5.74, 6) is 1.54. The first-order valence-corrected chi connectivity index (χ1v) is 55.5. The number of imidazole rings is 4. The monoisotopic (exact) mass is 2230 g/mol. The van der Waals surface area contributed by atoms with Gasteiger partial charge in [0.15, 0.2) is 5.89 Å². The molecule has 0 fully saturated rings. The fourth-order valence-corrected chi connectivity index (χ4v) is 17.0. The standard InChI is InChI=1S/C22H22BrN3O2.C22H20BrN3O2.C22H18BrN3O.C19H15BrN2O2.C3H9NO.C2HF3O2.CH3BIPS.Cl3OP/c2*1-15(27)14-25-20(28)10-11-22(16-6-8-17(23)9-7-16)19-5-3-2-4-18(19)21-24-12-13-26(21)22;1-15-14-25-20(27-15)10-11-22(16-6-8-17(23)9-7-16)19-5-3-2-4-18(19)21-24-12-13-26(21)22;20-14-7-5-13(6-8-14)19(10-9-17(23)24)16-4-2-1-3-15(16)18-21-11-12-22(18)19;1-3(5)2-4;3-2(4,5)1(6)7;1-3(2)4-5;1-5(2,3)4/h2-9,12-13,15,27H,10-11,14H2,1H3,(H,25,28);2-9,12-13H,10-11,14H2,1H3,(H,25,28);2-9,12-14H,10-11H2,1H3;1-8,11-12H,9-10H2,(H,23,24);3,5H,2,4H2,1H3;(H,6,7);1H3;. The average molecular weight is 2240 g/mol. The number of benzene rings is 8. The van der Waals surface area contributed by atoms with E-state index in [0.29, 0.717) is 38.6 Å². The number of aromatic nitrogens is 9. The second kappa shape index (κ2) is 46.1. The van der Waals surface area contributed by atoms with Crippen molar-refractivity contribution in [2.24, 2.45) is 5.73 Å². The van der Waals surface area contributed by atoms with Crippen molar-refractivity contribution in [3.05, 3.63) is 324 Å². The number of nitrogens with two attached hydrogens (primary N) is 1. The number of oxazole rings is 1. The summed E-state index contributed by atoms with van der Waals surface area (Å²) >= 11 is 31.5. The van der Waals surface area contributed by atoms with E-state index in [-0.39, 0.29) is 48.8 Å². The normalized spacial score (nSPS) is 16.9. The van der Waals surface area contributed by atoms with Crippen LogP contribution in [0.4, 0.5) is 13.2 Å². The Kier molecular flexibility index (Phi) is 36.7. The zero-order chi connectivity index (χ0) is 93.8. The van der Waals surface area contributed by atoms with E-state index in [4.69, 9.17) is 30.9 Å². The van der Waals surface area contributed by atoms with Crippen molar-refractivity contribution in [3.63, 3.8) is 0 Å². The maximum absolute atomic E-state index is 12.4. The molecule has 5 aromatic heterocycles. The van der Waals surface area contributed by atoms with E-state index in [1.807, 2.05) is 116 Å². The van der Waals surface area contributed by atoms with Gasteiger partial charge in [0.2, 0.25) is 11.8 Å². The number of carbonyl (C=O) groups is 5. The van der Waals surface area contributed by atoms with Gasteiger partial charge in [0.1, 0.15) is 34.8 Å². The van der Waals surface area contributed by atoms with Crippen LogP contribution in [0.25, 0.3) is 45.6 Å². The Morgan fingerprint density at radius 2 is 0.814 bits per heavy atom. The van der Waals surface area contributed by atoms with Crippen LogP contribution in [-0.2, 0) is 68.9 Å². The van der Waals surface area contributed by atoms with Crippen LogP contribution in [0.2, 0.25) is 0 Å². The second-order valence-corrected chi connectivity index (χ2v) is 50.6. The number of hydrogen-bond donors (Lipinski definition) is 7. The topological polar surface area (TPSA) is 331 Å². The van der Waals surface area contributed by atoms with Gasteiger partial charge in [-0.05, 0) is 180 Å². The number of carboxylic acid groups (broad SMARTS) is 2. The SMILES string of the molecule is CC(=O)CNC(=O)CCC1(c2ccc(Br)cc2)c2ccccc2-c2nccn21.CC(O)CN.CC(O)CNC(=O)CCC1(c2ccc(Br)cc2)c2ccccc2-c2nccn21.Cc1cnc(CCC2(c3ccc(Br)cc3)c3ccccc3-c3nccn32)o1.O=C(O)C(F)(F)F.O=C(O)CCC1(c2ccc(Br)cc2)c2ccccc2-c2nccn21.O=P(Cl)(Cl)Cl.[B]I(C)P=S. The van der Waals surface area contributed by atoms with Gasteiger partial charge in [-0.1, -0.05) is 209 Å². The molecule has 0 aliphatic carbocycles. The summed E-state index contributed by atoms with van der Waals surface area (Å²) in [4.78, 5) is 82.0. The number of aliphatic carboxylic acids is 2. The second-order valence-electron chi connectivity index (χ2n) is 29.9. The number of fused-ring (bicyclic) bond motifs is 12. The van der Waals surface area contributed by atoms with Crippen molar-refractivity contribution in [1.82, 2.24) is 53.8 Å². The van der Waals surface area contributed by atoms with E-state index >= 15 is 0 Å². The summed E-state index contributed by atoms with van der Waals surface area (Å²) in [7, 11) is 0. The predicted octanol–water partition coefficient (Wildman–Crippen LogP) is 21.5. The number of hydrogen-bond acceptors (Lipinski definition) is 16. The summed E-state index contributed by atoms with van der Waals surface area (Å²) in [6.45, 7) is 7.40. The van der Waals surface area contributed by atoms with Gasteiger partial charge in [-0.25, -0.2) is 29.7 Å². The number of nitrogens with zero attached hydrogens (tertiary/aromatic N) is 9. The molecule has 2 radical (unpaired) electrons. The van der Waals surface area contributed by atoms with Gasteiger partial charge >= 0.3 is 69.8 Å². The molecule has 38 heteroatoms. The molecule has 13 aromatic rings. The van der Waals surface area contributed by atoms with E-state index in [9.17, 15) is 47.1 Å². The number of carboxylic acids is 2. The zero-order valence-electron chi connectivity index (χ0n) is 69.9.